The molecule has 1 aromatic carbocycles. The Morgan fingerprint density at radius 1 is 1.21 bits per heavy atom. The van der Waals surface area contributed by atoms with E-state index in [9.17, 15) is 9.18 Å². The molecule has 0 atom stereocenters. The number of rotatable bonds is 8. The third-order valence-corrected chi connectivity index (χ3v) is 3.03. The Morgan fingerprint density at radius 3 is 2.84 bits per heavy atom. The second kappa shape index (κ2) is 6.92. The number of unbranched alkanes of at least 4 members (excludes halogenated alkanes) is 3. The smallest absolute Gasteiger partial charge is 0.417 e. The summed E-state index contributed by atoms with van der Waals surface area (Å²) < 4.78 is 23.4. The number of halogens is 1. The van der Waals surface area contributed by atoms with Crippen LogP contribution < -0.4 is 0 Å². The Morgan fingerprint density at radius 2 is 2.05 bits per heavy atom. The van der Waals surface area contributed by atoms with Crippen molar-refractivity contribution in [1.29, 1.82) is 0 Å². The zero-order chi connectivity index (χ0) is 13.5. The molecule has 0 bridgehead atoms. The van der Waals surface area contributed by atoms with Gasteiger partial charge in [0.15, 0.2) is 11.4 Å². The molecular weight excluding hydrogens is 247 g/mol. The molecule has 0 fully saturated rings. The molecule has 0 aliphatic carbocycles. The largest absolute Gasteiger partial charge is 0.458 e. The van der Waals surface area contributed by atoms with Crippen LogP contribution in [0.1, 0.15) is 31.4 Å². The van der Waals surface area contributed by atoms with Crippen LogP contribution in [-0.4, -0.2) is 13.1 Å². The van der Waals surface area contributed by atoms with Crippen molar-refractivity contribution >= 4 is 17.4 Å². The van der Waals surface area contributed by atoms with Crippen LogP contribution in [0.15, 0.2) is 28.7 Å². The lowest BCUT2D eigenvalue weighted by molar-refractivity contribution is 0.268. The lowest BCUT2D eigenvalue weighted by atomic mass is 10.1. The van der Waals surface area contributed by atoms with Crippen molar-refractivity contribution in [2.45, 2.75) is 32.1 Å². The number of carbonyl (C=O) groups excluding carboxylic acids is 1. The Labute approximate surface area is 111 Å². The monoisotopic (exact) mass is 263 g/mol. The van der Waals surface area contributed by atoms with Gasteiger partial charge >= 0.3 is 6.47 Å². The summed E-state index contributed by atoms with van der Waals surface area (Å²) in [6.45, 7) is 1.83. The first-order chi connectivity index (χ1) is 9.31. The van der Waals surface area contributed by atoms with Gasteiger partial charge in [0.25, 0.3) is 0 Å². The number of furan rings is 1. The molecule has 1 aromatic heterocycles. The summed E-state index contributed by atoms with van der Waals surface area (Å²) in [5.41, 5.74) is 0.340. The van der Waals surface area contributed by atoms with Crippen molar-refractivity contribution in [3.8, 4) is 0 Å². The van der Waals surface area contributed by atoms with Crippen LogP contribution in [0, 0.1) is 5.82 Å². The van der Waals surface area contributed by atoms with Gasteiger partial charge in [-0.3, -0.25) is 0 Å². The van der Waals surface area contributed by atoms with Gasteiger partial charge in [-0.1, -0.05) is 25.0 Å². The Hall–Kier alpha value is -1.84. The van der Waals surface area contributed by atoms with Gasteiger partial charge in [0.05, 0.1) is 6.61 Å². The number of ether oxygens (including phenoxy) is 1. The van der Waals surface area contributed by atoms with E-state index in [1.807, 2.05) is 12.1 Å². The zero-order valence-electron chi connectivity index (χ0n) is 10.7. The molecule has 1 heterocycles. The van der Waals surface area contributed by atoms with Gasteiger partial charge in [0.2, 0.25) is 0 Å². The Balaban J connectivity index is 1.76. The van der Waals surface area contributed by atoms with Crippen LogP contribution >= 0.6 is 0 Å². The predicted molar refractivity (Wildman–Crippen MR) is 70.0 cm³/mol. The molecule has 19 heavy (non-hydrogen) atoms. The lowest BCUT2D eigenvalue weighted by Crippen LogP contribution is -1.91. The number of hydrogen-bond acceptors (Lipinski definition) is 3. The van der Waals surface area contributed by atoms with Crippen LogP contribution in [0.5, 0.6) is 0 Å². The summed E-state index contributed by atoms with van der Waals surface area (Å²) in [5, 5.41) is 0.810. The Kier molecular flexibility index (Phi) is 4.95. The van der Waals surface area contributed by atoms with Gasteiger partial charge in [0, 0.05) is 11.8 Å². The predicted octanol–water partition coefficient (Wildman–Crippen LogP) is 3.76. The van der Waals surface area contributed by atoms with Gasteiger partial charge in [-0.25, -0.2) is 9.18 Å². The highest BCUT2D eigenvalue weighted by atomic mass is 19.1. The molecular formula is C15H16FO3. The molecule has 2 rings (SSSR count). The van der Waals surface area contributed by atoms with E-state index in [1.165, 1.54) is 12.5 Å². The summed E-state index contributed by atoms with van der Waals surface area (Å²) in [7, 11) is 0. The quantitative estimate of drug-likeness (QED) is 0.681. The zero-order valence-corrected chi connectivity index (χ0v) is 10.7. The molecule has 0 saturated carbocycles. The van der Waals surface area contributed by atoms with Crippen LogP contribution in [0.4, 0.5) is 4.39 Å². The maximum absolute atomic E-state index is 13.4. The maximum atomic E-state index is 13.4. The van der Waals surface area contributed by atoms with Gasteiger partial charge in [0.1, 0.15) is 5.76 Å². The number of para-hydroxylation sites is 1. The molecule has 0 aliphatic rings. The highest BCUT2D eigenvalue weighted by Crippen LogP contribution is 2.23. The number of benzene rings is 1. The maximum Gasteiger partial charge on any atom is 0.417 e. The average molecular weight is 263 g/mol. The molecule has 0 N–H and O–H groups in total. The van der Waals surface area contributed by atoms with E-state index in [1.54, 1.807) is 6.07 Å². The van der Waals surface area contributed by atoms with Crippen molar-refractivity contribution < 1.29 is 18.3 Å². The van der Waals surface area contributed by atoms with Crippen molar-refractivity contribution in [2.75, 3.05) is 6.61 Å². The number of fused-ring (bicyclic) bond motifs is 1. The van der Waals surface area contributed by atoms with E-state index in [0.29, 0.717) is 12.2 Å². The summed E-state index contributed by atoms with van der Waals surface area (Å²) in [6, 6.07) is 6.82. The van der Waals surface area contributed by atoms with Gasteiger partial charge < -0.3 is 9.15 Å². The molecule has 101 valence electrons. The van der Waals surface area contributed by atoms with Gasteiger partial charge in [-0.2, -0.15) is 0 Å². The minimum absolute atomic E-state index is 0.314. The average Bonchev–Trinajstić information content (AvgIpc) is 2.82. The second-order valence-electron chi connectivity index (χ2n) is 4.47. The SMILES string of the molecule is O=[C]OCCCCCCc1cc2cccc(F)c2o1. The molecule has 0 spiro atoms. The fourth-order valence-electron chi connectivity index (χ4n) is 2.07. The standard InChI is InChI=1S/C15H16FO3/c16-14-8-5-6-12-10-13(19-15(12)14)7-3-1-2-4-9-18-11-17/h5-6,8,10H,1-4,7,9H2. The van der Waals surface area contributed by atoms with Crippen molar-refractivity contribution in [3.05, 3.63) is 35.8 Å². The lowest BCUT2D eigenvalue weighted by Gasteiger charge is -1.99. The molecule has 2 aromatic rings. The molecule has 1 radical (unpaired) electrons. The molecule has 0 saturated heterocycles. The van der Waals surface area contributed by atoms with E-state index >= 15 is 0 Å². The van der Waals surface area contributed by atoms with Crippen LogP contribution in [0.25, 0.3) is 11.0 Å². The molecule has 4 heteroatoms. The van der Waals surface area contributed by atoms with Crippen LogP contribution in [-0.2, 0) is 16.0 Å². The Bertz CT molecular complexity index is 533. The summed E-state index contributed by atoms with van der Waals surface area (Å²) >= 11 is 0. The first-order valence-corrected chi connectivity index (χ1v) is 6.47. The van der Waals surface area contributed by atoms with Gasteiger partial charge in [-0.15, -0.1) is 0 Å². The first-order valence-electron chi connectivity index (χ1n) is 6.47. The van der Waals surface area contributed by atoms with Crippen LogP contribution in [0.2, 0.25) is 0 Å². The normalized spacial score (nSPS) is 10.8. The fourth-order valence-corrected chi connectivity index (χ4v) is 2.07. The first kappa shape index (κ1) is 13.6. The van der Waals surface area contributed by atoms with E-state index in [-0.39, 0.29) is 5.82 Å². The fraction of sp³-hybridized carbons (Fsp3) is 0.400. The summed E-state index contributed by atoms with van der Waals surface area (Å²) in [4.78, 5) is 9.80. The third kappa shape index (κ3) is 3.81. The minimum Gasteiger partial charge on any atom is -0.458 e. The van der Waals surface area contributed by atoms with Crippen LogP contribution in [0.3, 0.4) is 0 Å². The van der Waals surface area contributed by atoms with Gasteiger partial charge in [-0.05, 0) is 25.0 Å². The van der Waals surface area contributed by atoms with Crippen molar-refractivity contribution in [2.24, 2.45) is 0 Å². The molecule has 0 aliphatic heterocycles. The van der Waals surface area contributed by atoms with E-state index in [0.717, 1.165) is 43.3 Å². The molecule has 0 unspecified atom stereocenters. The van der Waals surface area contributed by atoms with Crippen molar-refractivity contribution in [1.82, 2.24) is 0 Å². The second-order valence-corrected chi connectivity index (χ2v) is 4.47. The highest BCUT2D eigenvalue weighted by Gasteiger charge is 2.07. The third-order valence-electron chi connectivity index (χ3n) is 3.03. The number of aryl methyl sites for hydroxylation is 1. The van der Waals surface area contributed by atoms with Crippen molar-refractivity contribution in [3.63, 3.8) is 0 Å². The van der Waals surface area contributed by atoms with E-state index < -0.39 is 0 Å². The minimum atomic E-state index is -0.314. The highest BCUT2D eigenvalue weighted by molar-refractivity contribution is 5.78. The summed E-state index contributed by atoms with van der Waals surface area (Å²) in [6.07, 6.45) is 4.66. The number of hydrogen-bond donors (Lipinski definition) is 0. The summed E-state index contributed by atoms with van der Waals surface area (Å²) in [5.74, 6) is 0.503. The molecule has 3 nitrogen and oxygen atoms in total. The van der Waals surface area contributed by atoms with E-state index in [2.05, 4.69) is 4.74 Å². The molecule has 0 amide bonds. The van der Waals surface area contributed by atoms with E-state index in [4.69, 9.17) is 4.42 Å². The topological polar surface area (TPSA) is 39.4 Å².